The summed E-state index contributed by atoms with van der Waals surface area (Å²) >= 11 is 0. The van der Waals surface area contributed by atoms with Crippen LogP contribution in [0.5, 0.6) is 0 Å². The van der Waals surface area contributed by atoms with Crippen molar-refractivity contribution in [1.29, 1.82) is 0 Å². The Bertz CT molecular complexity index is 571. The van der Waals surface area contributed by atoms with E-state index in [9.17, 15) is 0 Å². The van der Waals surface area contributed by atoms with Crippen molar-refractivity contribution in [2.45, 2.75) is 32.4 Å². The zero-order valence-electron chi connectivity index (χ0n) is 12.4. The molecule has 0 fully saturated rings. The van der Waals surface area contributed by atoms with Crippen LogP contribution in [0.3, 0.4) is 0 Å². The van der Waals surface area contributed by atoms with E-state index in [0.717, 1.165) is 17.9 Å². The van der Waals surface area contributed by atoms with Crippen molar-refractivity contribution in [2.24, 2.45) is 10.7 Å². The highest BCUT2D eigenvalue weighted by Gasteiger charge is 2.30. The summed E-state index contributed by atoms with van der Waals surface area (Å²) in [6.07, 6.45) is 10.6. The zero-order valence-corrected chi connectivity index (χ0v) is 12.4. The maximum absolute atomic E-state index is 5.67. The van der Waals surface area contributed by atoms with Gasteiger partial charge in [0.1, 0.15) is 11.9 Å². The molecule has 0 aromatic heterocycles. The molecule has 1 unspecified atom stereocenters. The lowest BCUT2D eigenvalue weighted by atomic mass is 10.1. The number of fused-ring (bicyclic) bond motifs is 1. The molecule has 0 saturated heterocycles. The van der Waals surface area contributed by atoms with Crippen LogP contribution in [0.4, 0.5) is 0 Å². The van der Waals surface area contributed by atoms with Crippen LogP contribution >= 0.6 is 0 Å². The van der Waals surface area contributed by atoms with E-state index in [4.69, 9.17) is 5.73 Å². The van der Waals surface area contributed by atoms with Gasteiger partial charge in [0, 0.05) is 25.5 Å². The van der Waals surface area contributed by atoms with E-state index in [0.29, 0.717) is 6.54 Å². The first-order valence-electron chi connectivity index (χ1n) is 7.61. The number of benzene rings is 1. The standard InChI is InChI=1S/C17H22N4/c1-2-3-10-20-11-4-5-17-19-13-16(21(17)20)15-8-6-14(12-18)7-9-15/h4-9,11,13,16H,2-3,10,12,18H2,1H3. The van der Waals surface area contributed by atoms with Gasteiger partial charge >= 0.3 is 0 Å². The number of hydrogen-bond acceptors (Lipinski definition) is 4. The monoisotopic (exact) mass is 282 g/mol. The molecule has 0 aliphatic carbocycles. The van der Waals surface area contributed by atoms with Gasteiger partial charge in [-0.15, -0.1) is 0 Å². The van der Waals surface area contributed by atoms with E-state index in [-0.39, 0.29) is 6.04 Å². The molecule has 0 saturated carbocycles. The van der Waals surface area contributed by atoms with E-state index in [1.807, 2.05) is 6.21 Å². The second-order valence-corrected chi connectivity index (χ2v) is 5.40. The fourth-order valence-corrected chi connectivity index (χ4v) is 2.70. The van der Waals surface area contributed by atoms with Gasteiger partial charge in [-0.25, -0.2) is 4.99 Å². The summed E-state index contributed by atoms with van der Waals surface area (Å²) in [5.74, 6) is 1.02. The molecule has 1 atom stereocenters. The summed E-state index contributed by atoms with van der Waals surface area (Å²) < 4.78 is 0. The molecule has 0 radical (unpaired) electrons. The lowest BCUT2D eigenvalue weighted by molar-refractivity contribution is 0.0437. The van der Waals surface area contributed by atoms with Crippen molar-refractivity contribution in [1.82, 2.24) is 10.0 Å². The average Bonchev–Trinajstić information content (AvgIpc) is 2.97. The summed E-state index contributed by atoms with van der Waals surface area (Å²) in [4.78, 5) is 4.56. The number of rotatable bonds is 5. The number of hydrazine groups is 1. The molecule has 1 aromatic rings. The van der Waals surface area contributed by atoms with Crippen LogP contribution in [-0.2, 0) is 6.54 Å². The summed E-state index contributed by atoms with van der Waals surface area (Å²) in [6, 6.07) is 8.67. The lowest BCUT2D eigenvalue weighted by Crippen LogP contribution is -2.40. The third-order valence-corrected chi connectivity index (χ3v) is 3.92. The van der Waals surface area contributed by atoms with Crippen molar-refractivity contribution in [2.75, 3.05) is 6.54 Å². The third-order valence-electron chi connectivity index (χ3n) is 3.92. The van der Waals surface area contributed by atoms with E-state index in [2.05, 4.69) is 64.6 Å². The van der Waals surface area contributed by atoms with Crippen molar-refractivity contribution >= 4 is 6.21 Å². The Morgan fingerprint density at radius 1 is 1.24 bits per heavy atom. The van der Waals surface area contributed by atoms with Gasteiger partial charge in [-0.3, -0.25) is 10.0 Å². The number of allylic oxidation sites excluding steroid dienone is 2. The Morgan fingerprint density at radius 2 is 2.05 bits per heavy atom. The number of nitrogens with zero attached hydrogens (tertiary/aromatic N) is 3. The van der Waals surface area contributed by atoms with Gasteiger partial charge in [0.15, 0.2) is 0 Å². The molecule has 4 nitrogen and oxygen atoms in total. The fraction of sp³-hybridized carbons (Fsp3) is 0.353. The minimum atomic E-state index is 0.171. The van der Waals surface area contributed by atoms with Crippen LogP contribution in [0.2, 0.25) is 0 Å². The van der Waals surface area contributed by atoms with Gasteiger partial charge in [0.2, 0.25) is 0 Å². The fourth-order valence-electron chi connectivity index (χ4n) is 2.70. The Balaban J connectivity index is 1.83. The SMILES string of the molecule is CCCCN1C=CC=C2N=CC(c3ccc(CN)cc3)N21. The molecule has 21 heavy (non-hydrogen) atoms. The van der Waals surface area contributed by atoms with Gasteiger partial charge in [0.25, 0.3) is 0 Å². The van der Waals surface area contributed by atoms with E-state index in [1.165, 1.54) is 18.4 Å². The number of nitrogens with two attached hydrogens (primary N) is 1. The van der Waals surface area contributed by atoms with Crippen LogP contribution < -0.4 is 5.73 Å². The van der Waals surface area contributed by atoms with Crippen molar-refractivity contribution < 1.29 is 0 Å². The highest BCUT2D eigenvalue weighted by atomic mass is 15.7. The van der Waals surface area contributed by atoms with Gasteiger partial charge in [-0.1, -0.05) is 37.6 Å². The molecule has 0 bridgehead atoms. The number of unbranched alkanes of at least 4 members (excludes halogenated alkanes) is 1. The van der Waals surface area contributed by atoms with Crippen LogP contribution in [0.1, 0.15) is 36.9 Å². The molecule has 3 rings (SSSR count). The van der Waals surface area contributed by atoms with E-state index >= 15 is 0 Å². The first-order chi connectivity index (χ1) is 10.3. The zero-order chi connectivity index (χ0) is 14.7. The van der Waals surface area contributed by atoms with Gasteiger partial charge < -0.3 is 5.73 Å². The minimum absolute atomic E-state index is 0.171. The molecule has 2 N–H and O–H groups in total. The summed E-state index contributed by atoms with van der Waals surface area (Å²) in [7, 11) is 0. The molecule has 1 aromatic carbocycles. The third kappa shape index (κ3) is 2.72. The quantitative estimate of drug-likeness (QED) is 0.903. The first-order valence-corrected chi connectivity index (χ1v) is 7.61. The summed E-state index contributed by atoms with van der Waals surface area (Å²) in [5.41, 5.74) is 8.08. The Morgan fingerprint density at radius 3 is 2.76 bits per heavy atom. The highest BCUT2D eigenvalue weighted by molar-refractivity contribution is 5.72. The van der Waals surface area contributed by atoms with Crippen molar-refractivity contribution in [3.8, 4) is 0 Å². The van der Waals surface area contributed by atoms with Crippen LogP contribution in [-0.4, -0.2) is 22.8 Å². The largest absolute Gasteiger partial charge is 0.326 e. The molecule has 2 aliphatic heterocycles. The number of aliphatic imine (C=N–C) groups is 1. The van der Waals surface area contributed by atoms with E-state index in [1.54, 1.807) is 0 Å². The molecule has 2 heterocycles. The maximum atomic E-state index is 5.67. The molecule has 2 aliphatic rings. The summed E-state index contributed by atoms with van der Waals surface area (Å²) in [6.45, 7) is 3.82. The second kappa shape index (κ2) is 6.14. The topological polar surface area (TPSA) is 44.9 Å². The maximum Gasteiger partial charge on any atom is 0.147 e. The van der Waals surface area contributed by atoms with Gasteiger partial charge in [0.05, 0.1) is 0 Å². The molecular formula is C17H22N4. The van der Waals surface area contributed by atoms with Crippen LogP contribution in [0.15, 0.2) is 53.4 Å². The molecule has 110 valence electrons. The van der Waals surface area contributed by atoms with Crippen molar-refractivity contribution in [3.05, 3.63) is 59.6 Å². The minimum Gasteiger partial charge on any atom is -0.326 e. The Hall–Kier alpha value is -2.07. The Kier molecular flexibility index (Phi) is 4.06. The second-order valence-electron chi connectivity index (χ2n) is 5.40. The van der Waals surface area contributed by atoms with Crippen LogP contribution in [0, 0.1) is 0 Å². The predicted octanol–water partition coefficient (Wildman–Crippen LogP) is 2.96. The molecule has 4 heteroatoms. The molecular weight excluding hydrogens is 260 g/mol. The van der Waals surface area contributed by atoms with Gasteiger partial charge in [-0.05, 0) is 29.7 Å². The van der Waals surface area contributed by atoms with E-state index < -0.39 is 0 Å². The predicted molar refractivity (Wildman–Crippen MR) is 86.2 cm³/mol. The Labute approximate surface area is 126 Å². The lowest BCUT2D eigenvalue weighted by Gasteiger charge is -2.38. The average molecular weight is 282 g/mol. The van der Waals surface area contributed by atoms with Crippen molar-refractivity contribution in [3.63, 3.8) is 0 Å². The van der Waals surface area contributed by atoms with Gasteiger partial charge in [-0.2, -0.15) is 0 Å². The summed E-state index contributed by atoms with van der Waals surface area (Å²) in [5, 5.41) is 4.54. The normalized spacial score (nSPS) is 19.9. The number of hydrogen-bond donors (Lipinski definition) is 1. The smallest absolute Gasteiger partial charge is 0.147 e. The first kappa shape index (κ1) is 13.9. The van der Waals surface area contributed by atoms with Crippen LogP contribution in [0.25, 0.3) is 0 Å². The molecule has 0 amide bonds. The molecule has 0 spiro atoms. The highest BCUT2D eigenvalue weighted by Crippen LogP contribution is 2.33.